The quantitative estimate of drug-likeness (QED) is 0.211. The lowest BCUT2D eigenvalue weighted by Gasteiger charge is -2.53. The zero-order chi connectivity index (χ0) is 14.1. The molecule has 17 heavy (non-hydrogen) atoms. The number of rotatable bonds is 6. The number of nitrogens with zero attached hydrogens (tertiary/aromatic N) is 1. The first-order valence-corrected chi connectivity index (χ1v) is 9.16. The standard InChI is InChI=1S/C12H26I3N2/c1-8-11(4,9-10(2,3)16-5)17(6,7)12(13,14)15/h16H,8-9H2,1-7H3/q+1. The number of halogens is 3. The highest BCUT2D eigenvalue weighted by atomic mass is 127. The maximum Gasteiger partial charge on any atom is 0.246 e. The van der Waals surface area contributed by atoms with Gasteiger partial charge in [-0.15, -0.1) is 0 Å². The molecule has 0 spiro atoms. The van der Waals surface area contributed by atoms with Gasteiger partial charge in [0.1, 0.15) is 0 Å². The molecule has 0 aliphatic rings. The van der Waals surface area contributed by atoms with E-state index in [-0.39, 0.29) is 10.6 Å². The van der Waals surface area contributed by atoms with Gasteiger partial charge in [0, 0.05) is 79.7 Å². The highest BCUT2D eigenvalue weighted by Gasteiger charge is 2.52. The Bertz CT molecular complexity index is 259. The molecule has 0 aromatic rings. The minimum Gasteiger partial charge on any atom is -0.315 e. The van der Waals surface area contributed by atoms with E-state index in [1.807, 2.05) is 0 Å². The van der Waals surface area contributed by atoms with Crippen LogP contribution in [-0.2, 0) is 0 Å². The van der Waals surface area contributed by atoms with Crippen LogP contribution in [0.2, 0.25) is 0 Å². The van der Waals surface area contributed by atoms with E-state index in [9.17, 15) is 0 Å². The summed E-state index contributed by atoms with van der Waals surface area (Å²) in [7, 11) is 6.75. The Balaban J connectivity index is 5.30. The molecule has 0 aromatic heterocycles. The molecule has 2 nitrogen and oxygen atoms in total. The van der Waals surface area contributed by atoms with Gasteiger partial charge in [0.15, 0.2) is 0 Å². The summed E-state index contributed by atoms with van der Waals surface area (Å²) < 4.78 is 1.17. The molecule has 0 radical (unpaired) electrons. The number of quaternary nitrogens is 1. The summed E-state index contributed by atoms with van der Waals surface area (Å²) in [5, 5.41) is 3.44. The van der Waals surface area contributed by atoms with Gasteiger partial charge in [0.2, 0.25) is -0.441 Å². The molecule has 0 rings (SSSR count). The van der Waals surface area contributed by atoms with Crippen LogP contribution in [0.1, 0.15) is 40.5 Å². The van der Waals surface area contributed by atoms with Crippen LogP contribution in [0.4, 0.5) is 0 Å². The number of hydrogen-bond acceptors (Lipinski definition) is 1. The van der Waals surface area contributed by atoms with Crippen LogP contribution in [0.3, 0.4) is 0 Å². The van der Waals surface area contributed by atoms with Crippen molar-refractivity contribution >= 4 is 67.8 Å². The van der Waals surface area contributed by atoms with Gasteiger partial charge in [-0.3, -0.25) is 4.48 Å². The molecule has 0 fully saturated rings. The summed E-state index contributed by atoms with van der Waals surface area (Å²) in [4.78, 5) is 0. The fourth-order valence-corrected chi connectivity index (χ4v) is 3.81. The summed E-state index contributed by atoms with van der Waals surface area (Å²) in [5.41, 5.74) is 0.436. The predicted molar refractivity (Wildman–Crippen MR) is 103 cm³/mol. The maximum atomic E-state index is 3.44. The van der Waals surface area contributed by atoms with Gasteiger partial charge in [-0.05, 0) is 34.2 Å². The molecule has 5 heteroatoms. The average molecular weight is 579 g/mol. The van der Waals surface area contributed by atoms with E-state index in [1.54, 1.807) is 0 Å². The Kier molecular flexibility index (Phi) is 7.03. The Labute approximate surface area is 148 Å². The Morgan fingerprint density at radius 1 is 1.06 bits per heavy atom. The van der Waals surface area contributed by atoms with Crippen molar-refractivity contribution in [3.63, 3.8) is 0 Å². The van der Waals surface area contributed by atoms with E-state index >= 15 is 0 Å². The van der Waals surface area contributed by atoms with Crippen molar-refractivity contribution < 1.29 is 4.48 Å². The van der Waals surface area contributed by atoms with Crippen LogP contribution < -0.4 is 5.32 Å². The lowest BCUT2D eigenvalue weighted by Crippen LogP contribution is -2.65. The molecule has 0 aliphatic heterocycles. The summed E-state index contributed by atoms with van der Waals surface area (Å²) in [6.07, 6.45) is 2.35. The average Bonchev–Trinajstić information content (AvgIpc) is 2.15. The summed E-state index contributed by atoms with van der Waals surface area (Å²) >= 11 is 7.67. The van der Waals surface area contributed by atoms with Gasteiger partial charge < -0.3 is 5.32 Å². The van der Waals surface area contributed by atoms with E-state index in [4.69, 9.17) is 0 Å². The predicted octanol–water partition coefficient (Wildman–Crippen LogP) is 4.54. The smallest absolute Gasteiger partial charge is 0.246 e. The minimum atomic E-state index is 0.169. The topological polar surface area (TPSA) is 12.0 Å². The van der Waals surface area contributed by atoms with Crippen molar-refractivity contribution in [2.45, 2.75) is 51.2 Å². The molecule has 1 unspecified atom stereocenters. The van der Waals surface area contributed by atoms with Crippen LogP contribution >= 0.6 is 67.8 Å². The van der Waals surface area contributed by atoms with Crippen LogP contribution in [0.5, 0.6) is 0 Å². The monoisotopic (exact) mass is 579 g/mol. The maximum absolute atomic E-state index is 3.44. The van der Waals surface area contributed by atoms with Gasteiger partial charge in [0.25, 0.3) is 0 Å². The summed E-state index contributed by atoms with van der Waals surface area (Å²) in [6.45, 7) is 9.30. The zero-order valence-electron chi connectivity index (χ0n) is 12.0. The van der Waals surface area contributed by atoms with Gasteiger partial charge >= 0.3 is 0 Å². The van der Waals surface area contributed by atoms with E-state index in [0.717, 1.165) is 10.9 Å². The van der Waals surface area contributed by atoms with Gasteiger partial charge in [-0.1, -0.05) is 6.92 Å². The second-order valence-electron chi connectivity index (χ2n) is 6.08. The third kappa shape index (κ3) is 4.56. The van der Waals surface area contributed by atoms with Crippen molar-refractivity contribution in [1.82, 2.24) is 5.32 Å². The fourth-order valence-electron chi connectivity index (χ4n) is 2.06. The van der Waals surface area contributed by atoms with E-state index in [1.165, 1.54) is 6.42 Å². The molecule has 0 aliphatic carbocycles. The van der Waals surface area contributed by atoms with Crippen molar-refractivity contribution in [3.05, 3.63) is 0 Å². The summed E-state index contributed by atoms with van der Waals surface area (Å²) in [5.74, 6) is 0. The highest BCUT2D eigenvalue weighted by Crippen LogP contribution is 2.50. The van der Waals surface area contributed by atoms with Gasteiger partial charge in [-0.2, -0.15) is 0 Å². The van der Waals surface area contributed by atoms with Crippen molar-refractivity contribution in [2.24, 2.45) is 0 Å². The molecule has 0 amide bonds. The lowest BCUT2D eigenvalue weighted by molar-refractivity contribution is -0.935. The fraction of sp³-hybridized carbons (Fsp3) is 1.00. The van der Waals surface area contributed by atoms with Crippen molar-refractivity contribution in [1.29, 1.82) is 0 Å². The largest absolute Gasteiger partial charge is 0.315 e. The number of hydrogen-bond donors (Lipinski definition) is 1. The first kappa shape index (κ1) is 19.1. The molecule has 0 heterocycles. The number of nitrogens with one attached hydrogen (secondary N) is 1. The van der Waals surface area contributed by atoms with Crippen LogP contribution in [-0.4, -0.2) is 36.3 Å². The lowest BCUT2D eigenvalue weighted by atomic mass is 9.81. The van der Waals surface area contributed by atoms with Crippen LogP contribution in [0.25, 0.3) is 0 Å². The van der Waals surface area contributed by atoms with Crippen LogP contribution in [0, 0.1) is 0 Å². The minimum absolute atomic E-state index is 0.169. The third-order valence-electron chi connectivity index (χ3n) is 4.24. The number of alkyl halides is 3. The molecular weight excluding hydrogens is 553 g/mol. The molecule has 104 valence electrons. The van der Waals surface area contributed by atoms with E-state index in [2.05, 4.69) is 122 Å². The molecule has 1 N–H and O–H groups in total. The molecule has 0 bridgehead atoms. The van der Waals surface area contributed by atoms with E-state index < -0.39 is 0 Å². The molecule has 1 atom stereocenters. The molecule has 0 aromatic carbocycles. The van der Waals surface area contributed by atoms with Gasteiger partial charge in [-0.25, -0.2) is 0 Å². The second kappa shape index (κ2) is 6.26. The Morgan fingerprint density at radius 2 is 1.47 bits per heavy atom. The Morgan fingerprint density at radius 3 is 1.71 bits per heavy atom. The SMILES string of the molecule is CCC(C)(CC(C)(C)NC)[N+](C)(C)C(I)(I)I. The molecular formula is C12H26I3N2+. The summed E-state index contributed by atoms with van der Waals surface area (Å²) in [6, 6.07) is 0. The third-order valence-corrected chi connectivity index (χ3v) is 7.86. The molecule has 0 saturated heterocycles. The first-order valence-electron chi connectivity index (χ1n) is 5.93. The van der Waals surface area contributed by atoms with E-state index in [0.29, 0.717) is 0 Å². The normalized spacial score (nSPS) is 18.0. The van der Waals surface area contributed by atoms with Crippen molar-refractivity contribution in [3.8, 4) is 0 Å². The van der Waals surface area contributed by atoms with Gasteiger partial charge in [0.05, 0.1) is 19.6 Å². The molecule has 0 saturated carbocycles. The van der Waals surface area contributed by atoms with Crippen molar-refractivity contribution in [2.75, 3.05) is 21.1 Å². The second-order valence-corrected chi connectivity index (χ2v) is 17.0. The highest BCUT2D eigenvalue weighted by molar-refractivity contribution is 14.3. The first-order chi connectivity index (χ1) is 7.33. The Hall–Kier alpha value is 2.11. The van der Waals surface area contributed by atoms with Crippen LogP contribution in [0.15, 0.2) is 0 Å². The zero-order valence-corrected chi connectivity index (χ0v) is 18.5.